The number of benzene rings is 1. The summed E-state index contributed by atoms with van der Waals surface area (Å²) in [4.78, 5) is 17.7. The first kappa shape index (κ1) is 19.6. The lowest BCUT2D eigenvalue weighted by Crippen LogP contribution is -2.27. The number of methoxy groups -OCH3 is 1. The molecule has 0 aliphatic heterocycles. The van der Waals surface area contributed by atoms with Gasteiger partial charge in [0.25, 0.3) is 11.6 Å². The molecule has 4 rings (SSSR count). The van der Waals surface area contributed by atoms with Crippen LogP contribution in [0.1, 0.15) is 41.5 Å². The Hall–Kier alpha value is -3.68. The zero-order chi connectivity index (χ0) is 21.3. The van der Waals surface area contributed by atoms with E-state index in [9.17, 15) is 4.79 Å². The van der Waals surface area contributed by atoms with E-state index in [2.05, 4.69) is 20.6 Å². The lowest BCUT2D eigenvalue weighted by atomic mass is 10.1. The number of carbonyl (C=O) groups is 1. The van der Waals surface area contributed by atoms with Crippen molar-refractivity contribution < 1.29 is 14.1 Å². The summed E-state index contributed by atoms with van der Waals surface area (Å²) in [5, 5.41) is 12.1. The van der Waals surface area contributed by atoms with Gasteiger partial charge < -0.3 is 14.6 Å². The van der Waals surface area contributed by atoms with Crippen molar-refractivity contribution in [2.75, 3.05) is 7.11 Å². The minimum atomic E-state index is -0.229. The summed E-state index contributed by atoms with van der Waals surface area (Å²) in [6.07, 6.45) is 1.87. The minimum absolute atomic E-state index is 0.200. The molecule has 30 heavy (non-hydrogen) atoms. The molecule has 1 N–H and O–H groups in total. The number of pyridine rings is 1. The molecular weight excluding hydrogens is 382 g/mol. The summed E-state index contributed by atoms with van der Waals surface area (Å²) in [5.41, 5.74) is 3.60. The molecule has 3 aromatic heterocycles. The van der Waals surface area contributed by atoms with Crippen molar-refractivity contribution in [2.45, 2.75) is 33.4 Å². The summed E-state index contributed by atoms with van der Waals surface area (Å²) >= 11 is 0. The molecule has 0 spiro atoms. The fourth-order valence-electron chi connectivity index (χ4n) is 3.33. The van der Waals surface area contributed by atoms with Crippen LogP contribution in [-0.4, -0.2) is 32.9 Å². The Bertz CT molecular complexity index is 1190. The zero-order valence-corrected chi connectivity index (χ0v) is 17.3. The molecule has 1 aromatic carbocycles. The van der Waals surface area contributed by atoms with Gasteiger partial charge in [-0.3, -0.25) is 9.48 Å². The first-order valence-electron chi connectivity index (χ1n) is 9.75. The molecule has 154 valence electrons. The number of aryl methyl sites for hydroxylation is 2. The van der Waals surface area contributed by atoms with Crippen molar-refractivity contribution in [2.24, 2.45) is 0 Å². The highest BCUT2D eigenvalue weighted by Crippen LogP contribution is 2.27. The summed E-state index contributed by atoms with van der Waals surface area (Å²) in [6.45, 7) is 6.48. The van der Waals surface area contributed by atoms with Gasteiger partial charge in [-0.25, -0.2) is 4.98 Å². The molecule has 0 fully saturated rings. The maximum absolute atomic E-state index is 13.2. The molecule has 1 unspecified atom stereocenters. The van der Waals surface area contributed by atoms with Crippen LogP contribution in [0.2, 0.25) is 0 Å². The lowest BCUT2D eigenvalue weighted by Gasteiger charge is -2.15. The van der Waals surface area contributed by atoms with Gasteiger partial charge in [0, 0.05) is 12.7 Å². The minimum Gasteiger partial charge on any atom is -0.497 e. The molecule has 1 amide bonds. The third-order valence-corrected chi connectivity index (χ3v) is 5.05. The van der Waals surface area contributed by atoms with E-state index in [0.717, 1.165) is 17.9 Å². The molecule has 1 atom stereocenters. The molecule has 4 aromatic rings. The van der Waals surface area contributed by atoms with Gasteiger partial charge in [-0.2, -0.15) is 5.10 Å². The van der Waals surface area contributed by atoms with Crippen LogP contribution >= 0.6 is 0 Å². The van der Waals surface area contributed by atoms with Gasteiger partial charge in [0.05, 0.1) is 35.5 Å². The number of nitrogens with one attached hydrogen (secondary N) is 1. The molecule has 3 heterocycles. The number of hydrogen-bond acceptors (Lipinski definition) is 6. The van der Waals surface area contributed by atoms with Gasteiger partial charge >= 0.3 is 0 Å². The van der Waals surface area contributed by atoms with Crippen LogP contribution in [-0.2, 0) is 6.54 Å². The van der Waals surface area contributed by atoms with Crippen molar-refractivity contribution in [3.8, 4) is 17.1 Å². The van der Waals surface area contributed by atoms with E-state index in [1.54, 1.807) is 24.8 Å². The molecule has 0 aliphatic rings. The normalized spacial score (nSPS) is 12.1. The quantitative estimate of drug-likeness (QED) is 0.522. The number of ether oxygens (including phenoxy) is 1. The molecule has 0 bridgehead atoms. The highest BCUT2D eigenvalue weighted by atomic mass is 16.5. The second kappa shape index (κ2) is 7.98. The fourth-order valence-corrected chi connectivity index (χ4v) is 3.33. The lowest BCUT2D eigenvalue weighted by molar-refractivity contribution is 0.0941. The average molecular weight is 405 g/mol. The van der Waals surface area contributed by atoms with Crippen LogP contribution in [0.5, 0.6) is 5.75 Å². The van der Waals surface area contributed by atoms with Crippen molar-refractivity contribution in [1.82, 2.24) is 25.2 Å². The summed E-state index contributed by atoms with van der Waals surface area (Å²) in [5.74, 6) is 0.539. The maximum atomic E-state index is 13.2. The van der Waals surface area contributed by atoms with Crippen LogP contribution in [0.3, 0.4) is 0 Å². The average Bonchev–Trinajstić information content (AvgIpc) is 3.40. The Morgan fingerprint density at radius 3 is 2.67 bits per heavy atom. The highest BCUT2D eigenvalue weighted by Gasteiger charge is 2.21. The first-order chi connectivity index (χ1) is 14.5. The smallest absolute Gasteiger partial charge is 0.259 e. The highest BCUT2D eigenvalue weighted by molar-refractivity contribution is 6.07. The predicted molar refractivity (Wildman–Crippen MR) is 112 cm³/mol. The molecular formula is C22H23N5O3. The number of fused-ring (bicyclic) bond motifs is 1. The Balaban J connectivity index is 1.69. The van der Waals surface area contributed by atoms with Gasteiger partial charge in [0.15, 0.2) is 0 Å². The summed E-state index contributed by atoms with van der Waals surface area (Å²) < 4.78 is 12.4. The van der Waals surface area contributed by atoms with Crippen molar-refractivity contribution in [3.63, 3.8) is 0 Å². The van der Waals surface area contributed by atoms with E-state index in [1.807, 2.05) is 50.4 Å². The number of aromatic nitrogens is 4. The van der Waals surface area contributed by atoms with E-state index in [-0.39, 0.29) is 11.9 Å². The Kier molecular flexibility index (Phi) is 5.22. The Morgan fingerprint density at radius 1 is 1.23 bits per heavy atom. The zero-order valence-electron chi connectivity index (χ0n) is 17.3. The number of hydrogen-bond donors (Lipinski definition) is 1. The first-order valence-corrected chi connectivity index (χ1v) is 9.75. The van der Waals surface area contributed by atoms with Gasteiger partial charge in [-0.15, -0.1) is 0 Å². The largest absolute Gasteiger partial charge is 0.497 e. The number of nitrogens with zero attached hydrogens (tertiary/aromatic N) is 4. The van der Waals surface area contributed by atoms with Crippen LogP contribution in [0, 0.1) is 6.92 Å². The van der Waals surface area contributed by atoms with Crippen molar-refractivity contribution >= 4 is 17.0 Å². The third kappa shape index (κ3) is 3.63. The summed E-state index contributed by atoms with van der Waals surface area (Å²) in [7, 11) is 1.62. The Morgan fingerprint density at radius 2 is 2.00 bits per heavy atom. The topological polar surface area (TPSA) is 95.1 Å². The Labute approximate surface area is 173 Å². The fraction of sp³-hybridized carbons (Fsp3) is 0.273. The van der Waals surface area contributed by atoms with Crippen molar-refractivity contribution in [3.05, 3.63) is 59.4 Å². The maximum Gasteiger partial charge on any atom is 0.259 e. The molecule has 0 aliphatic carbocycles. The van der Waals surface area contributed by atoms with Gasteiger partial charge in [0.2, 0.25) is 0 Å². The predicted octanol–water partition coefficient (Wildman–Crippen LogP) is 3.91. The SMILES string of the molecule is CCn1ccc(-c2cc(C(=O)NC(C)c3ccc(OC)cc3)c3c(C)noc3n2)n1. The standard InChI is InChI=1S/C22H23N5O3/c1-5-27-11-10-18(25-27)19-12-17(20-14(3)26-30-22(20)24-19)21(28)23-13(2)15-6-8-16(29-4)9-7-15/h6-13H,5H2,1-4H3,(H,23,28). The van der Waals surface area contributed by atoms with E-state index in [1.165, 1.54) is 0 Å². The van der Waals surface area contributed by atoms with Crippen LogP contribution in [0.4, 0.5) is 0 Å². The number of rotatable bonds is 6. The number of amides is 1. The van der Waals surface area contributed by atoms with Crippen LogP contribution in [0.15, 0.2) is 47.1 Å². The van der Waals surface area contributed by atoms with Gasteiger partial charge in [-0.1, -0.05) is 17.3 Å². The second-order valence-corrected chi connectivity index (χ2v) is 7.03. The van der Waals surface area contributed by atoms with Crippen molar-refractivity contribution in [1.29, 1.82) is 0 Å². The third-order valence-electron chi connectivity index (χ3n) is 5.05. The molecule has 0 saturated carbocycles. The van der Waals surface area contributed by atoms with Crippen LogP contribution in [0.25, 0.3) is 22.5 Å². The van der Waals surface area contributed by atoms with E-state index in [4.69, 9.17) is 9.26 Å². The number of carbonyl (C=O) groups excluding carboxylic acids is 1. The van der Waals surface area contributed by atoms with Gasteiger partial charge in [0.1, 0.15) is 11.4 Å². The van der Waals surface area contributed by atoms with E-state index < -0.39 is 0 Å². The molecule has 8 heteroatoms. The summed E-state index contributed by atoms with van der Waals surface area (Å²) in [6, 6.07) is 11.0. The van der Waals surface area contributed by atoms with E-state index in [0.29, 0.717) is 33.7 Å². The monoisotopic (exact) mass is 405 g/mol. The van der Waals surface area contributed by atoms with Gasteiger partial charge in [-0.05, 0) is 50.6 Å². The molecule has 0 saturated heterocycles. The van der Waals surface area contributed by atoms with Crippen LogP contribution < -0.4 is 10.1 Å². The second-order valence-electron chi connectivity index (χ2n) is 7.03. The van der Waals surface area contributed by atoms with E-state index >= 15 is 0 Å². The molecule has 8 nitrogen and oxygen atoms in total. The molecule has 0 radical (unpaired) electrons.